The second-order valence-corrected chi connectivity index (χ2v) is 7.51. The van der Waals surface area contributed by atoms with Crippen molar-refractivity contribution in [3.8, 4) is 0 Å². The molecule has 0 aliphatic carbocycles. The van der Waals surface area contributed by atoms with Crippen molar-refractivity contribution in [1.82, 2.24) is 15.1 Å². The number of hydrogen-bond acceptors (Lipinski definition) is 3. The van der Waals surface area contributed by atoms with Gasteiger partial charge in [0.05, 0.1) is 12.8 Å². The predicted molar refractivity (Wildman–Crippen MR) is 109 cm³/mol. The average Bonchev–Trinajstić information content (AvgIpc) is 3.47. The Morgan fingerprint density at radius 2 is 1.93 bits per heavy atom. The molecule has 1 aromatic carbocycles. The van der Waals surface area contributed by atoms with Gasteiger partial charge in [0.25, 0.3) is 0 Å². The molecule has 0 spiro atoms. The minimum atomic E-state index is 0.682. The number of likely N-dealkylation sites (tertiary alicyclic amines) is 2. The summed E-state index contributed by atoms with van der Waals surface area (Å²) in [5.74, 6) is 2.05. The van der Waals surface area contributed by atoms with Crippen LogP contribution in [0.1, 0.15) is 30.6 Å². The number of furan rings is 1. The van der Waals surface area contributed by atoms with Crippen LogP contribution in [0.3, 0.4) is 0 Å². The van der Waals surface area contributed by atoms with Gasteiger partial charge >= 0.3 is 0 Å². The van der Waals surface area contributed by atoms with E-state index in [2.05, 4.69) is 45.4 Å². The van der Waals surface area contributed by atoms with E-state index in [0.29, 0.717) is 6.04 Å². The fraction of sp³-hybridized carbons (Fsp3) is 0.500. The van der Waals surface area contributed by atoms with E-state index in [1.54, 1.807) is 6.26 Å². The zero-order valence-corrected chi connectivity index (χ0v) is 16.0. The smallest absolute Gasteiger partial charge is 0.194 e. The summed E-state index contributed by atoms with van der Waals surface area (Å²) in [6.07, 6.45) is 6.56. The van der Waals surface area contributed by atoms with Crippen molar-refractivity contribution in [3.63, 3.8) is 0 Å². The van der Waals surface area contributed by atoms with Crippen LogP contribution in [0.25, 0.3) is 0 Å². The molecule has 1 N–H and O–H groups in total. The number of aliphatic imine (C=N–C) groups is 1. The minimum absolute atomic E-state index is 0.682. The summed E-state index contributed by atoms with van der Waals surface area (Å²) >= 11 is 0. The first-order valence-electron chi connectivity index (χ1n) is 10.2. The highest BCUT2D eigenvalue weighted by atomic mass is 16.3. The van der Waals surface area contributed by atoms with Crippen LogP contribution < -0.4 is 5.32 Å². The van der Waals surface area contributed by atoms with Crippen molar-refractivity contribution in [2.45, 2.75) is 38.3 Å². The van der Waals surface area contributed by atoms with Crippen molar-refractivity contribution in [2.75, 3.05) is 32.7 Å². The van der Waals surface area contributed by atoms with E-state index in [0.717, 1.165) is 44.3 Å². The third-order valence-electron chi connectivity index (χ3n) is 5.61. The fourth-order valence-corrected chi connectivity index (χ4v) is 4.11. The molecule has 2 saturated heterocycles. The molecule has 4 rings (SSSR count). The number of guanidine groups is 1. The van der Waals surface area contributed by atoms with Crippen molar-refractivity contribution in [3.05, 3.63) is 60.1 Å². The van der Waals surface area contributed by atoms with Crippen LogP contribution in [0.15, 0.2) is 58.1 Å². The number of nitrogens with one attached hydrogen (secondary N) is 1. The van der Waals surface area contributed by atoms with E-state index < -0.39 is 0 Å². The van der Waals surface area contributed by atoms with Crippen molar-refractivity contribution in [2.24, 2.45) is 4.99 Å². The van der Waals surface area contributed by atoms with Gasteiger partial charge in [0.1, 0.15) is 5.76 Å². The normalized spacial score (nSPS) is 21.1. The first kappa shape index (κ1) is 18.1. The molecule has 1 aromatic heterocycles. The summed E-state index contributed by atoms with van der Waals surface area (Å²) in [6, 6.07) is 15.1. The molecule has 5 heteroatoms. The number of benzene rings is 1. The second kappa shape index (κ2) is 9.09. The third kappa shape index (κ3) is 4.92. The van der Waals surface area contributed by atoms with Crippen molar-refractivity contribution >= 4 is 5.96 Å². The fourth-order valence-electron chi connectivity index (χ4n) is 4.11. The summed E-state index contributed by atoms with van der Waals surface area (Å²) in [5.41, 5.74) is 1.25. The zero-order valence-electron chi connectivity index (χ0n) is 16.0. The van der Waals surface area contributed by atoms with Crippen LogP contribution in [0.2, 0.25) is 0 Å². The maximum absolute atomic E-state index is 5.45. The standard InChI is InChI=1S/C22H30N4O/c1-2-7-19(8-3-1)17-24-22(23-12-10-21-9-6-16-27-21)26-15-11-20(18-26)25-13-4-5-14-25/h1-3,6-9,16,20H,4-5,10-15,17-18H2,(H,23,24). The first-order valence-corrected chi connectivity index (χ1v) is 10.2. The predicted octanol–water partition coefficient (Wildman–Crippen LogP) is 3.14. The summed E-state index contributed by atoms with van der Waals surface area (Å²) in [7, 11) is 0. The maximum atomic E-state index is 5.45. The van der Waals surface area contributed by atoms with E-state index in [9.17, 15) is 0 Å². The van der Waals surface area contributed by atoms with E-state index >= 15 is 0 Å². The molecule has 0 amide bonds. The molecule has 2 aliphatic heterocycles. The van der Waals surface area contributed by atoms with Crippen LogP contribution in [-0.4, -0.2) is 54.5 Å². The van der Waals surface area contributed by atoms with Gasteiger partial charge in [0, 0.05) is 32.1 Å². The molecule has 5 nitrogen and oxygen atoms in total. The van der Waals surface area contributed by atoms with Crippen LogP contribution in [0.5, 0.6) is 0 Å². The van der Waals surface area contributed by atoms with E-state index in [1.807, 2.05) is 12.1 Å². The lowest BCUT2D eigenvalue weighted by atomic mass is 10.2. The number of rotatable bonds is 6. The van der Waals surface area contributed by atoms with Gasteiger partial charge in [-0.15, -0.1) is 0 Å². The van der Waals surface area contributed by atoms with E-state index in [1.165, 1.54) is 37.9 Å². The lowest BCUT2D eigenvalue weighted by Gasteiger charge is -2.25. The molecular formula is C22H30N4O. The van der Waals surface area contributed by atoms with E-state index in [-0.39, 0.29) is 0 Å². The highest BCUT2D eigenvalue weighted by Crippen LogP contribution is 2.20. The monoisotopic (exact) mass is 366 g/mol. The van der Waals surface area contributed by atoms with Gasteiger partial charge in [-0.3, -0.25) is 4.90 Å². The summed E-state index contributed by atoms with van der Waals surface area (Å²) in [4.78, 5) is 10.0. The van der Waals surface area contributed by atoms with Crippen LogP contribution in [-0.2, 0) is 13.0 Å². The topological polar surface area (TPSA) is 44.0 Å². The largest absolute Gasteiger partial charge is 0.469 e. The van der Waals surface area contributed by atoms with Crippen LogP contribution in [0, 0.1) is 0 Å². The molecule has 1 atom stereocenters. The van der Waals surface area contributed by atoms with Crippen LogP contribution >= 0.6 is 0 Å². The molecule has 2 aromatic rings. The molecule has 1 unspecified atom stereocenters. The van der Waals surface area contributed by atoms with Crippen LogP contribution in [0.4, 0.5) is 0 Å². The lowest BCUT2D eigenvalue weighted by Crippen LogP contribution is -2.43. The SMILES string of the molecule is c1ccc(CN=C(NCCc2ccco2)N2CCC(N3CCCC3)C2)cc1. The molecular weight excluding hydrogens is 336 g/mol. The molecule has 2 fully saturated rings. The van der Waals surface area contributed by atoms with Gasteiger partial charge in [0.15, 0.2) is 5.96 Å². The van der Waals surface area contributed by atoms with Gasteiger partial charge < -0.3 is 14.6 Å². The van der Waals surface area contributed by atoms with Gasteiger partial charge in [0.2, 0.25) is 0 Å². The summed E-state index contributed by atoms with van der Waals surface area (Å²) < 4.78 is 5.45. The Kier molecular flexibility index (Phi) is 6.10. The second-order valence-electron chi connectivity index (χ2n) is 7.51. The Morgan fingerprint density at radius 1 is 1.07 bits per heavy atom. The lowest BCUT2D eigenvalue weighted by molar-refractivity contribution is 0.249. The van der Waals surface area contributed by atoms with E-state index in [4.69, 9.17) is 9.41 Å². The highest BCUT2D eigenvalue weighted by Gasteiger charge is 2.30. The molecule has 144 valence electrons. The molecule has 0 saturated carbocycles. The van der Waals surface area contributed by atoms with Gasteiger partial charge in [-0.1, -0.05) is 30.3 Å². The minimum Gasteiger partial charge on any atom is -0.469 e. The zero-order chi connectivity index (χ0) is 18.3. The Morgan fingerprint density at radius 3 is 2.70 bits per heavy atom. The molecule has 0 radical (unpaired) electrons. The molecule has 3 heterocycles. The van der Waals surface area contributed by atoms with Gasteiger partial charge in [-0.25, -0.2) is 4.99 Å². The van der Waals surface area contributed by atoms with Crippen molar-refractivity contribution in [1.29, 1.82) is 0 Å². The number of nitrogens with zero attached hydrogens (tertiary/aromatic N) is 3. The Labute approximate surface area is 162 Å². The molecule has 0 bridgehead atoms. The average molecular weight is 367 g/mol. The highest BCUT2D eigenvalue weighted by molar-refractivity contribution is 5.80. The van der Waals surface area contributed by atoms with Gasteiger partial charge in [-0.05, 0) is 50.0 Å². The molecule has 2 aliphatic rings. The third-order valence-corrected chi connectivity index (χ3v) is 5.61. The number of hydrogen-bond donors (Lipinski definition) is 1. The van der Waals surface area contributed by atoms with Crippen molar-refractivity contribution < 1.29 is 4.42 Å². The Hall–Kier alpha value is -2.27. The maximum Gasteiger partial charge on any atom is 0.194 e. The Bertz CT molecular complexity index is 707. The Balaban J connectivity index is 1.38. The summed E-state index contributed by atoms with van der Waals surface area (Å²) in [6.45, 7) is 6.26. The first-order chi connectivity index (χ1) is 13.4. The quantitative estimate of drug-likeness (QED) is 0.630. The summed E-state index contributed by atoms with van der Waals surface area (Å²) in [5, 5.41) is 3.58. The molecule has 27 heavy (non-hydrogen) atoms. The van der Waals surface area contributed by atoms with Gasteiger partial charge in [-0.2, -0.15) is 0 Å².